The van der Waals surface area contributed by atoms with Crippen LogP contribution in [0.2, 0.25) is 0 Å². The molecular weight excluding hydrogens is 305 g/mol. The fourth-order valence-corrected chi connectivity index (χ4v) is 3.63. The molecule has 0 amide bonds. The Bertz CT molecular complexity index is 847. The number of hydrogen-bond donors (Lipinski definition) is 2. The smallest absolute Gasteiger partial charge is 0.172 e. The zero-order valence-corrected chi connectivity index (χ0v) is 13.8. The van der Waals surface area contributed by atoms with Crippen LogP contribution < -0.4 is 15.8 Å². The number of hydrogen-bond acceptors (Lipinski definition) is 4. The Morgan fingerprint density at radius 1 is 1.17 bits per heavy atom. The van der Waals surface area contributed by atoms with Crippen molar-refractivity contribution in [3.05, 3.63) is 59.0 Å². The predicted molar refractivity (Wildman–Crippen MR) is 93.5 cm³/mol. The molecule has 2 aliphatic rings. The number of methoxy groups -OCH3 is 1. The highest BCUT2D eigenvalue weighted by Gasteiger charge is 2.32. The molecule has 2 aromatic rings. The molecule has 24 heavy (non-hydrogen) atoms. The van der Waals surface area contributed by atoms with Gasteiger partial charge < -0.3 is 15.8 Å². The highest BCUT2D eigenvalue weighted by atomic mass is 19.1. The third-order valence-electron chi connectivity index (χ3n) is 4.81. The first-order valence-electron chi connectivity index (χ1n) is 7.99. The van der Waals surface area contributed by atoms with Gasteiger partial charge in [0.1, 0.15) is 0 Å². The van der Waals surface area contributed by atoms with E-state index in [1.165, 1.54) is 12.7 Å². The SMILES string of the molecule is COc1cccc(-c2cccc3c2NC2=C(CN(C)C2)C3N)c1F. The molecule has 0 saturated carbocycles. The van der Waals surface area contributed by atoms with E-state index in [0.29, 0.717) is 5.56 Å². The van der Waals surface area contributed by atoms with Crippen molar-refractivity contribution >= 4 is 5.69 Å². The van der Waals surface area contributed by atoms with Gasteiger partial charge in [0.2, 0.25) is 0 Å². The standard InChI is InChI=1S/C19H20FN3O/c1-23-9-14-15(10-23)22-19-12(6-3-7-13(19)18(14)21)11-5-4-8-16(24-2)17(11)20/h3-8,18,22H,9-10,21H2,1-2H3. The zero-order chi connectivity index (χ0) is 16.8. The van der Waals surface area contributed by atoms with E-state index in [4.69, 9.17) is 10.5 Å². The van der Waals surface area contributed by atoms with Gasteiger partial charge in [-0.2, -0.15) is 0 Å². The van der Waals surface area contributed by atoms with E-state index < -0.39 is 0 Å². The maximum absolute atomic E-state index is 14.8. The van der Waals surface area contributed by atoms with Crippen molar-refractivity contribution in [2.75, 3.05) is 32.6 Å². The van der Waals surface area contributed by atoms with Crippen molar-refractivity contribution < 1.29 is 9.13 Å². The number of halogens is 1. The van der Waals surface area contributed by atoms with Gasteiger partial charge in [0.05, 0.1) is 18.8 Å². The van der Waals surface area contributed by atoms with E-state index in [-0.39, 0.29) is 17.6 Å². The molecule has 0 aliphatic carbocycles. The minimum atomic E-state index is -0.355. The van der Waals surface area contributed by atoms with Gasteiger partial charge in [-0.3, -0.25) is 4.90 Å². The van der Waals surface area contributed by atoms with Gasteiger partial charge >= 0.3 is 0 Å². The van der Waals surface area contributed by atoms with E-state index in [9.17, 15) is 4.39 Å². The number of para-hydroxylation sites is 1. The van der Waals surface area contributed by atoms with Gasteiger partial charge in [0.25, 0.3) is 0 Å². The second kappa shape index (κ2) is 5.61. The summed E-state index contributed by atoms with van der Waals surface area (Å²) in [5.74, 6) is -0.113. The molecule has 0 radical (unpaired) electrons. The first kappa shape index (κ1) is 15.2. The van der Waals surface area contributed by atoms with Crippen molar-refractivity contribution in [2.24, 2.45) is 5.73 Å². The summed E-state index contributed by atoms with van der Waals surface area (Å²) in [6, 6.07) is 10.9. The van der Waals surface area contributed by atoms with Crippen LogP contribution in [0.4, 0.5) is 10.1 Å². The fraction of sp³-hybridized carbons (Fsp3) is 0.263. The minimum Gasteiger partial charge on any atom is -0.494 e. The van der Waals surface area contributed by atoms with E-state index in [2.05, 4.69) is 17.3 Å². The van der Waals surface area contributed by atoms with Gasteiger partial charge in [0, 0.05) is 29.9 Å². The maximum Gasteiger partial charge on any atom is 0.172 e. The first-order chi connectivity index (χ1) is 11.6. The number of rotatable bonds is 2. The molecule has 124 valence electrons. The van der Waals surface area contributed by atoms with Crippen LogP contribution in [0.1, 0.15) is 11.6 Å². The Kier molecular flexibility index (Phi) is 3.55. The van der Waals surface area contributed by atoms with E-state index in [1.807, 2.05) is 18.2 Å². The molecule has 4 rings (SSSR count). The summed E-state index contributed by atoms with van der Waals surface area (Å²) in [5, 5.41) is 3.50. The zero-order valence-electron chi connectivity index (χ0n) is 13.8. The monoisotopic (exact) mass is 325 g/mol. The number of nitrogens with two attached hydrogens (primary N) is 1. The quantitative estimate of drug-likeness (QED) is 0.891. The lowest BCUT2D eigenvalue weighted by Crippen LogP contribution is -2.23. The molecule has 0 spiro atoms. The Balaban J connectivity index is 1.86. The van der Waals surface area contributed by atoms with Crippen LogP contribution in [-0.2, 0) is 0 Å². The van der Waals surface area contributed by atoms with Crippen LogP contribution in [0.3, 0.4) is 0 Å². The van der Waals surface area contributed by atoms with E-state index in [1.54, 1.807) is 18.2 Å². The summed E-state index contributed by atoms with van der Waals surface area (Å²) in [7, 11) is 3.54. The van der Waals surface area contributed by atoms with Crippen molar-refractivity contribution in [1.82, 2.24) is 4.90 Å². The Hall–Kier alpha value is -2.37. The van der Waals surface area contributed by atoms with Crippen LogP contribution in [0.5, 0.6) is 5.75 Å². The number of anilines is 1. The van der Waals surface area contributed by atoms with Crippen molar-refractivity contribution in [1.29, 1.82) is 0 Å². The Morgan fingerprint density at radius 2 is 1.92 bits per heavy atom. The number of nitrogens with zero attached hydrogens (tertiary/aromatic N) is 1. The van der Waals surface area contributed by atoms with Crippen LogP contribution in [0.25, 0.3) is 11.1 Å². The predicted octanol–water partition coefficient (Wildman–Crippen LogP) is 3.13. The van der Waals surface area contributed by atoms with Gasteiger partial charge in [-0.1, -0.05) is 30.3 Å². The van der Waals surface area contributed by atoms with Gasteiger partial charge in [-0.25, -0.2) is 4.39 Å². The summed E-state index contributed by atoms with van der Waals surface area (Å²) >= 11 is 0. The molecule has 0 aromatic heterocycles. The third-order valence-corrected chi connectivity index (χ3v) is 4.81. The molecule has 3 N–H and O–H groups in total. The van der Waals surface area contributed by atoms with E-state index >= 15 is 0 Å². The van der Waals surface area contributed by atoms with Crippen LogP contribution in [0.15, 0.2) is 47.7 Å². The van der Waals surface area contributed by atoms with Gasteiger partial charge in [-0.05, 0) is 24.3 Å². The summed E-state index contributed by atoms with van der Waals surface area (Å²) in [6.07, 6.45) is 0. The highest BCUT2D eigenvalue weighted by molar-refractivity contribution is 5.84. The third kappa shape index (κ3) is 2.20. The number of fused-ring (bicyclic) bond motifs is 1. The summed E-state index contributed by atoms with van der Waals surface area (Å²) in [6.45, 7) is 1.69. The topological polar surface area (TPSA) is 50.5 Å². The normalized spacial score (nSPS) is 19.8. The number of nitrogens with one attached hydrogen (secondary N) is 1. The minimum absolute atomic E-state index is 0.158. The average molecular weight is 325 g/mol. The van der Waals surface area contributed by atoms with Crippen LogP contribution in [-0.4, -0.2) is 32.1 Å². The van der Waals surface area contributed by atoms with Crippen molar-refractivity contribution in [2.45, 2.75) is 6.04 Å². The molecule has 2 aromatic carbocycles. The van der Waals surface area contributed by atoms with Gasteiger partial charge in [0.15, 0.2) is 11.6 Å². The molecule has 0 bridgehead atoms. The maximum atomic E-state index is 14.8. The molecule has 0 saturated heterocycles. The fourth-order valence-electron chi connectivity index (χ4n) is 3.63. The number of benzene rings is 2. The largest absolute Gasteiger partial charge is 0.494 e. The van der Waals surface area contributed by atoms with Crippen molar-refractivity contribution in [3.8, 4) is 16.9 Å². The lowest BCUT2D eigenvalue weighted by molar-refractivity contribution is 0.387. The average Bonchev–Trinajstić information content (AvgIpc) is 2.96. The molecule has 0 fully saturated rings. The van der Waals surface area contributed by atoms with Gasteiger partial charge in [-0.15, -0.1) is 0 Å². The molecule has 2 aliphatic heterocycles. The lowest BCUT2D eigenvalue weighted by atomic mass is 9.89. The highest BCUT2D eigenvalue weighted by Crippen LogP contribution is 2.43. The molecular formula is C19H20FN3O. The lowest BCUT2D eigenvalue weighted by Gasteiger charge is -2.28. The van der Waals surface area contributed by atoms with Crippen LogP contribution >= 0.6 is 0 Å². The molecule has 4 nitrogen and oxygen atoms in total. The molecule has 1 unspecified atom stereocenters. The van der Waals surface area contributed by atoms with E-state index in [0.717, 1.165) is 35.6 Å². The molecule has 5 heteroatoms. The summed E-state index contributed by atoms with van der Waals surface area (Å²) in [4.78, 5) is 2.22. The summed E-state index contributed by atoms with van der Waals surface area (Å²) < 4.78 is 19.9. The first-order valence-corrected chi connectivity index (χ1v) is 7.99. The number of ether oxygens (including phenoxy) is 1. The Labute approximate surface area is 140 Å². The molecule has 1 atom stereocenters. The van der Waals surface area contributed by atoms with Crippen molar-refractivity contribution in [3.63, 3.8) is 0 Å². The van der Waals surface area contributed by atoms with Crippen LogP contribution in [0, 0.1) is 5.82 Å². The second-order valence-electron chi connectivity index (χ2n) is 6.37. The number of likely N-dealkylation sites (N-methyl/N-ethyl adjacent to an activating group) is 1. The molecule has 2 heterocycles. The second-order valence-corrected chi connectivity index (χ2v) is 6.37. The summed E-state index contributed by atoms with van der Waals surface area (Å²) in [5.41, 5.74) is 12.1. The Morgan fingerprint density at radius 3 is 2.71 bits per heavy atom.